The van der Waals surface area contributed by atoms with Crippen LogP contribution in [0.15, 0.2) is 81.1 Å². The van der Waals surface area contributed by atoms with Gasteiger partial charge in [0.25, 0.3) is 11.8 Å². The zero-order valence-electron chi connectivity index (χ0n) is 21.7. The van der Waals surface area contributed by atoms with Gasteiger partial charge >= 0.3 is 17.9 Å². The molecule has 0 spiro atoms. The molecular formula is C27H24N6O9. The van der Waals surface area contributed by atoms with E-state index in [-0.39, 0.29) is 59.7 Å². The lowest BCUT2D eigenvalue weighted by Gasteiger charge is -2.06. The third-order valence-electron chi connectivity index (χ3n) is 5.37. The summed E-state index contributed by atoms with van der Waals surface area (Å²) in [5.41, 5.74) is 0.668. The topological polar surface area (TPSA) is 240 Å². The summed E-state index contributed by atoms with van der Waals surface area (Å²) in [7, 11) is 0. The van der Waals surface area contributed by atoms with Gasteiger partial charge in [-0.1, -0.05) is 0 Å². The van der Waals surface area contributed by atoms with Crippen LogP contribution in [0.1, 0.15) is 43.9 Å². The minimum absolute atomic E-state index is 0.0328. The fraction of sp³-hybridized carbons (Fsp3) is 0.148. The van der Waals surface area contributed by atoms with Gasteiger partial charge in [0.1, 0.15) is 22.7 Å². The summed E-state index contributed by atoms with van der Waals surface area (Å²) in [6.45, 7) is -0.135. The van der Waals surface area contributed by atoms with Gasteiger partial charge < -0.3 is 31.1 Å². The number of nitrogens with one attached hydrogen (secondary N) is 2. The lowest BCUT2D eigenvalue weighted by Crippen LogP contribution is -2.25. The Morgan fingerprint density at radius 3 is 1.71 bits per heavy atom. The highest BCUT2D eigenvalue weighted by atomic mass is 16.4. The van der Waals surface area contributed by atoms with E-state index in [1.54, 1.807) is 0 Å². The molecule has 0 heterocycles. The van der Waals surface area contributed by atoms with Gasteiger partial charge in [-0.25, -0.2) is 4.79 Å². The summed E-state index contributed by atoms with van der Waals surface area (Å²) in [5, 5.41) is 57.6. The number of aliphatic carboxylic acids is 2. The first-order valence-corrected chi connectivity index (χ1v) is 12.2. The number of nitrogens with zero attached hydrogens (tertiary/aromatic N) is 4. The van der Waals surface area contributed by atoms with Crippen molar-refractivity contribution in [2.75, 3.05) is 13.1 Å². The Labute approximate surface area is 237 Å². The maximum absolute atomic E-state index is 12.5. The second-order valence-electron chi connectivity index (χ2n) is 8.46. The number of hydrogen-bond acceptors (Lipinski definition) is 10. The van der Waals surface area contributed by atoms with Crippen molar-refractivity contribution in [2.24, 2.45) is 20.5 Å². The van der Waals surface area contributed by atoms with E-state index >= 15 is 0 Å². The molecule has 0 unspecified atom stereocenters. The quantitative estimate of drug-likeness (QED) is 0.158. The second kappa shape index (κ2) is 14.4. The van der Waals surface area contributed by atoms with Crippen molar-refractivity contribution in [1.82, 2.24) is 10.6 Å². The Hall–Kier alpha value is -5.99. The first-order valence-electron chi connectivity index (χ1n) is 12.2. The van der Waals surface area contributed by atoms with Crippen molar-refractivity contribution in [3.05, 3.63) is 77.4 Å². The van der Waals surface area contributed by atoms with Gasteiger partial charge in [-0.15, -0.1) is 10.2 Å². The molecule has 6 N–H and O–H groups in total. The molecule has 0 aromatic heterocycles. The summed E-state index contributed by atoms with van der Waals surface area (Å²) >= 11 is 0. The predicted octanol–water partition coefficient (Wildman–Crippen LogP) is 4.33. The zero-order chi connectivity index (χ0) is 30.6. The number of benzene rings is 3. The summed E-state index contributed by atoms with van der Waals surface area (Å²) in [6.07, 6.45) is -0.495. The first-order chi connectivity index (χ1) is 20.0. The molecule has 3 rings (SSSR count). The lowest BCUT2D eigenvalue weighted by atomic mass is 10.1. The van der Waals surface area contributed by atoms with Crippen LogP contribution < -0.4 is 10.6 Å². The molecule has 0 aliphatic heterocycles. The maximum atomic E-state index is 12.5. The molecule has 15 nitrogen and oxygen atoms in total. The van der Waals surface area contributed by atoms with E-state index in [0.717, 1.165) is 12.1 Å². The van der Waals surface area contributed by atoms with Crippen LogP contribution in [0.5, 0.6) is 5.75 Å². The average Bonchev–Trinajstić information content (AvgIpc) is 2.95. The Morgan fingerprint density at radius 2 is 1.12 bits per heavy atom. The zero-order valence-corrected chi connectivity index (χ0v) is 21.7. The van der Waals surface area contributed by atoms with Crippen LogP contribution in [0.4, 0.5) is 22.7 Å². The van der Waals surface area contributed by atoms with E-state index in [1.165, 1.54) is 48.5 Å². The van der Waals surface area contributed by atoms with Crippen LogP contribution in [0.3, 0.4) is 0 Å². The molecule has 0 saturated carbocycles. The minimum Gasteiger partial charge on any atom is -0.507 e. The molecule has 2 amide bonds. The van der Waals surface area contributed by atoms with Gasteiger partial charge in [0, 0.05) is 24.2 Å². The fourth-order valence-electron chi connectivity index (χ4n) is 3.26. The lowest BCUT2D eigenvalue weighted by molar-refractivity contribution is -0.137. The molecule has 0 fully saturated rings. The van der Waals surface area contributed by atoms with E-state index in [1.807, 2.05) is 0 Å². The number of rotatable bonds is 13. The summed E-state index contributed by atoms with van der Waals surface area (Å²) < 4.78 is 0. The van der Waals surface area contributed by atoms with Gasteiger partial charge in [-0.2, -0.15) is 10.2 Å². The van der Waals surface area contributed by atoms with Gasteiger partial charge in [-0.3, -0.25) is 19.2 Å². The van der Waals surface area contributed by atoms with Gasteiger partial charge in [0.2, 0.25) is 0 Å². The number of azo groups is 2. The third kappa shape index (κ3) is 9.04. The smallest absolute Gasteiger partial charge is 0.339 e. The van der Waals surface area contributed by atoms with Crippen LogP contribution >= 0.6 is 0 Å². The van der Waals surface area contributed by atoms with Crippen molar-refractivity contribution in [3.63, 3.8) is 0 Å². The van der Waals surface area contributed by atoms with Crippen LogP contribution in [-0.4, -0.2) is 63.2 Å². The van der Waals surface area contributed by atoms with Crippen molar-refractivity contribution in [2.45, 2.75) is 12.8 Å². The number of carboxylic acid groups (broad SMARTS) is 3. The van der Waals surface area contributed by atoms with Crippen molar-refractivity contribution in [3.8, 4) is 5.75 Å². The highest BCUT2D eigenvalue weighted by Gasteiger charge is 2.13. The number of carbonyl (C=O) groups excluding carboxylic acids is 2. The van der Waals surface area contributed by atoms with Crippen LogP contribution in [0.25, 0.3) is 0 Å². The number of carboxylic acids is 3. The Morgan fingerprint density at radius 1 is 0.595 bits per heavy atom. The molecule has 0 atom stereocenters. The first kappa shape index (κ1) is 30.6. The molecule has 15 heteroatoms. The molecular weight excluding hydrogens is 552 g/mol. The minimum atomic E-state index is -1.36. The predicted molar refractivity (Wildman–Crippen MR) is 145 cm³/mol. The van der Waals surface area contributed by atoms with Crippen molar-refractivity contribution in [1.29, 1.82) is 0 Å². The summed E-state index contributed by atoms with van der Waals surface area (Å²) in [5.74, 6) is -4.97. The van der Waals surface area contributed by atoms with E-state index in [9.17, 15) is 34.2 Å². The van der Waals surface area contributed by atoms with Crippen LogP contribution in [-0.2, 0) is 9.59 Å². The normalized spacial score (nSPS) is 11.0. The largest absolute Gasteiger partial charge is 0.507 e. The van der Waals surface area contributed by atoms with E-state index in [4.69, 9.17) is 10.2 Å². The molecule has 0 bridgehead atoms. The number of amides is 2. The maximum Gasteiger partial charge on any atom is 0.339 e. The van der Waals surface area contributed by atoms with Gasteiger partial charge in [0.05, 0.1) is 24.2 Å². The molecule has 0 radical (unpaired) electrons. The standard InChI is InChI=1S/C27H24N6O9/c34-22-8-6-18(14-19(22)27(41)42)31-32-20-7-3-16(26(40)29-12-10-24(37)38)13-21(20)33-30-17-4-1-15(2-5-17)25(39)28-11-9-23(35)36/h1-8,13-14,34H,9-12H2,(H,28,39)(H,29,40)(H,35,36)(H,37,38)(H,41,42). The van der Waals surface area contributed by atoms with E-state index in [2.05, 4.69) is 31.1 Å². The Balaban J connectivity index is 1.87. The molecule has 3 aromatic rings. The fourth-order valence-corrected chi connectivity index (χ4v) is 3.26. The van der Waals surface area contributed by atoms with Crippen molar-refractivity contribution < 1.29 is 44.4 Å². The van der Waals surface area contributed by atoms with Gasteiger partial charge in [0.15, 0.2) is 0 Å². The highest BCUT2D eigenvalue weighted by molar-refractivity contribution is 5.96. The number of phenols is 1. The van der Waals surface area contributed by atoms with Crippen LogP contribution in [0, 0.1) is 0 Å². The molecule has 42 heavy (non-hydrogen) atoms. The molecule has 216 valence electrons. The Bertz CT molecular complexity index is 1570. The number of aromatic carboxylic acids is 1. The molecule has 0 aliphatic rings. The van der Waals surface area contributed by atoms with Gasteiger partial charge in [-0.05, 0) is 60.7 Å². The van der Waals surface area contributed by atoms with E-state index < -0.39 is 35.5 Å². The van der Waals surface area contributed by atoms with Crippen LogP contribution in [0.2, 0.25) is 0 Å². The summed E-state index contributed by atoms with van der Waals surface area (Å²) in [4.78, 5) is 57.3. The molecule has 0 aliphatic carbocycles. The molecule has 0 saturated heterocycles. The number of hydrogen-bond donors (Lipinski definition) is 6. The molecule has 3 aromatic carbocycles. The third-order valence-corrected chi connectivity index (χ3v) is 5.37. The SMILES string of the molecule is O=C(O)CCNC(=O)c1ccc(N=Nc2cc(C(=O)NCCC(=O)O)ccc2N=Nc2ccc(O)c(C(=O)O)c2)cc1. The number of carbonyl (C=O) groups is 5. The average molecular weight is 577 g/mol. The van der Waals surface area contributed by atoms with E-state index in [0.29, 0.717) is 5.69 Å². The number of aromatic hydroxyl groups is 1. The monoisotopic (exact) mass is 576 g/mol. The second-order valence-corrected chi connectivity index (χ2v) is 8.46. The highest BCUT2D eigenvalue weighted by Crippen LogP contribution is 2.33. The van der Waals surface area contributed by atoms with Crippen molar-refractivity contribution >= 4 is 52.5 Å². The summed E-state index contributed by atoms with van der Waals surface area (Å²) in [6, 6.07) is 13.7. The Kier molecular flexibility index (Phi) is 10.5.